The zero-order valence-corrected chi connectivity index (χ0v) is 23.0. The molecule has 16 nitrogen and oxygen atoms in total. The summed E-state index contributed by atoms with van der Waals surface area (Å²) < 4.78 is 28.4. The van der Waals surface area contributed by atoms with Crippen LogP contribution in [0.15, 0.2) is 39.5 Å². The molecule has 0 aliphatic carbocycles. The van der Waals surface area contributed by atoms with E-state index in [4.69, 9.17) is 23.4 Å². The monoisotopic (exact) mass is 624 g/mol. The van der Waals surface area contributed by atoms with Crippen LogP contribution in [0.2, 0.25) is 0 Å². The summed E-state index contributed by atoms with van der Waals surface area (Å²) in [6.45, 7) is -0.0636. The van der Waals surface area contributed by atoms with Gasteiger partial charge in [-0.1, -0.05) is 0 Å². The Morgan fingerprint density at radius 1 is 0.773 bits per heavy atom. The summed E-state index contributed by atoms with van der Waals surface area (Å²) in [5.41, 5.74) is -0.686. The lowest BCUT2D eigenvalue weighted by Gasteiger charge is -2.45. The van der Waals surface area contributed by atoms with E-state index in [9.17, 15) is 55.9 Å². The van der Waals surface area contributed by atoms with Gasteiger partial charge in [-0.2, -0.15) is 0 Å². The summed E-state index contributed by atoms with van der Waals surface area (Å²) in [4.78, 5) is 13.8. The van der Waals surface area contributed by atoms with Crippen LogP contribution in [-0.4, -0.2) is 126 Å². The maximum Gasteiger partial charge on any atom is 0.239 e. The molecule has 0 radical (unpaired) electrons. The smallest absolute Gasteiger partial charge is 0.239 e. The summed E-state index contributed by atoms with van der Waals surface area (Å²) in [7, 11) is 0. The third-order valence-corrected chi connectivity index (χ3v) is 7.57. The van der Waals surface area contributed by atoms with Crippen LogP contribution >= 0.6 is 0 Å². The van der Waals surface area contributed by atoms with Crippen molar-refractivity contribution in [2.75, 3.05) is 13.2 Å². The molecule has 240 valence electrons. The lowest BCUT2D eigenvalue weighted by Crippen LogP contribution is -2.65. The van der Waals surface area contributed by atoms with E-state index >= 15 is 0 Å². The number of ether oxygens (including phenoxy) is 4. The van der Waals surface area contributed by atoms with Gasteiger partial charge in [-0.05, 0) is 30.7 Å². The van der Waals surface area contributed by atoms with E-state index < -0.39 is 103 Å². The number of aliphatic hydroxyl groups excluding tert-OH is 7. The average molecular weight is 625 g/mol. The molecule has 2 aliphatic rings. The fraction of sp³-hybridized carbons (Fsp3) is 0.464. The Bertz CT molecular complexity index is 1550. The Morgan fingerprint density at radius 2 is 1.41 bits per heavy atom. The molecule has 0 bridgehead atoms. The van der Waals surface area contributed by atoms with Crippen molar-refractivity contribution in [1.82, 2.24) is 0 Å². The van der Waals surface area contributed by atoms with Crippen molar-refractivity contribution < 1.29 is 74.4 Å². The number of fused-ring (bicyclic) bond motifs is 1. The van der Waals surface area contributed by atoms with E-state index in [-0.39, 0.29) is 22.7 Å². The van der Waals surface area contributed by atoms with Gasteiger partial charge in [0.2, 0.25) is 17.5 Å². The van der Waals surface area contributed by atoms with Crippen LogP contribution in [0.4, 0.5) is 0 Å². The summed E-state index contributed by atoms with van der Waals surface area (Å²) in [5.74, 6) is -2.09. The fourth-order valence-electron chi connectivity index (χ4n) is 5.11. The quantitative estimate of drug-likeness (QED) is 0.135. The number of aryl methyl sites for hydroxylation is 1. The van der Waals surface area contributed by atoms with Gasteiger partial charge < -0.3 is 74.4 Å². The molecule has 2 aromatic carbocycles. The largest absolute Gasteiger partial charge is 0.508 e. The van der Waals surface area contributed by atoms with E-state index in [1.54, 1.807) is 6.92 Å². The summed E-state index contributed by atoms with van der Waals surface area (Å²) in [6.07, 6.45) is -17.7. The Hall–Kier alpha value is -3.55. The molecule has 2 saturated heterocycles. The number of rotatable bonds is 7. The van der Waals surface area contributed by atoms with Gasteiger partial charge in [-0.15, -0.1) is 0 Å². The molecule has 0 spiro atoms. The highest BCUT2D eigenvalue weighted by atomic mass is 16.8. The highest BCUT2D eigenvalue weighted by molar-refractivity contribution is 5.88. The Labute approximate surface area is 247 Å². The molecule has 44 heavy (non-hydrogen) atoms. The third-order valence-electron chi connectivity index (χ3n) is 7.57. The minimum absolute atomic E-state index is 0.0823. The second-order valence-electron chi connectivity index (χ2n) is 10.6. The molecular weight excluding hydrogens is 592 g/mol. The van der Waals surface area contributed by atoms with Crippen molar-refractivity contribution in [2.24, 2.45) is 0 Å². The molecule has 3 aromatic rings. The van der Waals surface area contributed by atoms with Crippen molar-refractivity contribution >= 4 is 11.0 Å². The topological polar surface area (TPSA) is 269 Å². The number of aromatic hydroxyl groups is 3. The van der Waals surface area contributed by atoms with E-state index in [0.29, 0.717) is 5.56 Å². The minimum atomic E-state index is -1.93. The number of hydrogen-bond donors (Lipinski definition) is 10. The number of phenolic OH excluding ortho intramolecular Hbond substituents is 3. The lowest BCUT2D eigenvalue weighted by molar-refractivity contribution is -0.358. The SMILES string of the molecule is Cc1cc(-c2oc3cc(O)cc(O)c3c(=O)c2O[C@@H]2OC(CO)[C@@H](O)[C@@H](O)C2O[C@@H]2OC(CO)[C@@H](O)[C@@H](O)C2O)ccc1O. The molecule has 10 N–H and O–H groups in total. The third kappa shape index (κ3) is 5.68. The van der Waals surface area contributed by atoms with Crippen molar-refractivity contribution in [2.45, 2.75) is 68.3 Å². The summed E-state index contributed by atoms with van der Waals surface area (Å²) in [6, 6.07) is 6.08. The molecule has 2 fully saturated rings. The normalized spacial score (nSPS) is 32.5. The van der Waals surface area contributed by atoms with Crippen LogP contribution in [-0.2, 0) is 14.2 Å². The van der Waals surface area contributed by atoms with Crippen molar-refractivity contribution in [3.05, 3.63) is 46.1 Å². The Kier molecular flexibility index (Phi) is 9.01. The second kappa shape index (κ2) is 12.4. The predicted molar refractivity (Wildman–Crippen MR) is 145 cm³/mol. The van der Waals surface area contributed by atoms with Crippen molar-refractivity contribution in [1.29, 1.82) is 0 Å². The van der Waals surface area contributed by atoms with Crippen molar-refractivity contribution in [3.8, 4) is 34.3 Å². The standard InChI is InChI=1S/C28H32O16/c1-9-4-10(2-3-12(9)32)24-25(20(36)17-13(33)5-11(31)6-14(17)40-24)43-28-26(22(38)19(35)16(8-30)42-28)44-27-23(39)21(37)18(34)15(7-29)41-27/h2-6,15-16,18-19,21-23,26-35,37-39H,7-8H2,1H3/t15?,16?,18-,19-,21-,22-,23?,26?,27+,28+/m1/s1. The van der Waals surface area contributed by atoms with Gasteiger partial charge in [0.05, 0.1) is 13.2 Å². The Morgan fingerprint density at radius 3 is 2.05 bits per heavy atom. The van der Waals surface area contributed by atoms with Crippen molar-refractivity contribution in [3.63, 3.8) is 0 Å². The van der Waals surface area contributed by atoms with Crippen LogP contribution in [0.3, 0.4) is 0 Å². The molecule has 4 unspecified atom stereocenters. The van der Waals surface area contributed by atoms with Gasteiger partial charge in [-0.25, -0.2) is 0 Å². The lowest BCUT2D eigenvalue weighted by atomic mass is 9.97. The molecular formula is C28H32O16. The first-order valence-corrected chi connectivity index (χ1v) is 13.4. The van der Waals surface area contributed by atoms with Gasteiger partial charge in [-0.3, -0.25) is 4.79 Å². The van der Waals surface area contributed by atoms with E-state index in [1.165, 1.54) is 18.2 Å². The highest BCUT2D eigenvalue weighted by Crippen LogP contribution is 2.39. The average Bonchev–Trinajstić information content (AvgIpc) is 2.98. The Balaban J connectivity index is 1.61. The molecule has 10 atom stereocenters. The van der Waals surface area contributed by atoms with Crippen LogP contribution in [0, 0.1) is 6.92 Å². The molecule has 2 aliphatic heterocycles. The van der Waals surface area contributed by atoms with Gasteiger partial charge in [0.15, 0.2) is 18.2 Å². The zero-order valence-electron chi connectivity index (χ0n) is 23.0. The van der Waals surface area contributed by atoms with Crippen LogP contribution in [0.5, 0.6) is 23.0 Å². The first-order valence-electron chi connectivity index (χ1n) is 13.4. The number of benzene rings is 2. The van der Waals surface area contributed by atoms with Gasteiger partial charge in [0.1, 0.15) is 70.9 Å². The van der Waals surface area contributed by atoms with E-state index in [0.717, 1.165) is 12.1 Å². The highest BCUT2D eigenvalue weighted by Gasteiger charge is 2.51. The van der Waals surface area contributed by atoms with Crippen LogP contribution in [0.1, 0.15) is 5.56 Å². The summed E-state index contributed by atoms with van der Waals surface area (Å²) in [5, 5.41) is 102. The molecule has 0 saturated carbocycles. The van der Waals surface area contributed by atoms with Gasteiger partial charge in [0, 0.05) is 17.7 Å². The zero-order chi connectivity index (χ0) is 32.0. The van der Waals surface area contributed by atoms with Gasteiger partial charge >= 0.3 is 0 Å². The number of phenols is 3. The first-order chi connectivity index (χ1) is 20.9. The molecule has 16 heteroatoms. The molecule has 1 aromatic heterocycles. The van der Waals surface area contributed by atoms with E-state index in [1.807, 2.05) is 0 Å². The van der Waals surface area contributed by atoms with E-state index in [2.05, 4.69) is 0 Å². The number of hydrogen-bond acceptors (Lipinski definition) is 16. The number of aliphatic hydroxyl groups is 7. The van der Waals surface area contributed by atoms with Crippen LogP contribution in [0.25, 0.3) is 22.3 Å². The molecule has 5 rings (SSSR count). The van der Waals surface area contributed by atoms with Gasteiger partial charge in [0.25, 0.3) is 0 Å². The minimum Gasteiger partial charge on any atom is -0.508 e. The summed E-state index contributed by atoms with van der Waals surface area (Å²) >= 11 is 0. The molecule has 0 amide bonds. The second-order valence-corrected chi connectivity index (χ2v) is 10.6. The maximum absolute atomic E-state index is 13.8. The predicted octanol–water partition coefficient (Wildman–Crippen LogP) is -2.11. The van der Waals surface area contributed by atoms with Crippen LogP contribution < -0.4 is 10.2 Å². The maximum atomic E-state index is 13.8. The fourth-order valence-corrected chi connectivity index (χ4v) is 5.11. The molecule has 3 heterocycles. The first kappa shape index (κ1) is 31.9.